The van der Waals surface area contributed by atoms with E-state index in [9.17, 15) is 14.7 Å². The Morgan fingerprint density at radius 2 is 2.00 bits per heavy atom. The molecule has 2 N–H and O–H groups in total. The normalized spacial score (nSPS) is 20.4. The van der Waals surface area contributed by atoms with Crippen LogP contribution in [-0.2, 0) is 16.0 Å². The number of likely N-dealkylation sites (tertiary alicyclic amines) is 1. The van der Waals surface area contributed by atoms with Crippen LogP contribution in [0.15, 0.2) is 48.5 Å². The Labute approximate surface area is 189 Å². The summed E-state index contributed by atoms with van der Waals surface area (Å²) in [5.74, 6) is -1.09. The lowest BCUT2D eigenvalue weighted by Crippen LogP contribution is -2.42. The fraction of sp³-hybridized carbons (Fsp3) is 0.318. The maximum absolute atomic E-state index is 12.4. The second-order valence-electron chi connectivity index (χ2n) is 7.56. The predicted octanol–water partition coefficient (Wildman–Crippen LogP) is 2.90. The second-order valence-corrected chi connectivity index (χ2v) is 8.31. The lowest BCUT2D eigenvalue weighted by atomic mass is 10.1. The fourth-order valence-corrected chi connectivity index (χ4v) is 4.33. The summed E-state index contributed by atoms with van der Waals surface area (Å²) in [5, 5.41) is 12.7. The molecular weight excluding hydrogens is 440 g/mol. The second kappa shape index (κ2) is 9.21. The Hall–Kier alpha value is -2.68. The Bertz CT molecular complexity index is 1000. The molecule has 0 unspecified atom stereocenters. The summed E-state index contributed by atoms with van der Waals surface area (Å²) in [7, 11) is 0. The van der Waals surface area contributed by atoms with Gasteiger partial charge in [0.15, 0.2) is 0 Å². The third-order valence-corrected chi connectivity index (χ3v) is 6.07. The zero-order valence-corrected chi connectivity index (χ0v) is 18.1. The van der Waals surface area contributed by atoms with E-state index in [0.717, 1.165) is 18.5 Å². The van der Waals surface area contributed by atoms with Gasteiger partial charge in [0.1, 0.15) is 11.8 Å². The number of amides is 1. The number of morpholine rings is 1. The van der Waals surface area contributed by atoms with Gasteiger partial charge in [0.05, 0.1) is 29.3 Å². The Balaban J connectivity index is 1.36. The molecule has 2 aromatic carbocycles. The molecular formula is C22H21ClN2O5S. The van der Waals surface area contributed by atoms with E-state index in [1.165, 1.54) is 0 Å². The summed E-state index contributed by atoms with van der Waals surface area (Å²) < 4.78 is 11.4. The molecule has 4 rings (SSSR count). The number of halogens is 1. The van der Waals surface area contributed by atoms with E-state index in [1.54, 1.807) is 48.5 Å². The number of hydrogen-bond donors (Lipinski definition) is 2. The number of carboxylic acids is 1. The van der Waals surface area contributed by atoms with E-state index >= 15 is 0 Å². The van der Waals surface area contributed by atoms with Gasteiger partial charge in [0.2, 0.25) is 0 Å². The average molecular weight is 461 g/mol. The number of aliphatic carboxylic acids is 1. The molecule has 7 nitrogen and oxygen atoms in total. The minimum atomic E-state index is -1.13. The quantitative estimate of drug-likeness (QED) is 0.641. The van der Waals surface area contributed by atoms with Crippen molar-refractivity contribution in [3.05, 3.63) is 64.7 Å². The van der Waals surface area contributed by atoms with Crippen molar-refractivity contribution in [2.24, 2.45) is 0 Å². The molecule has 2 aliphatic rings. The first-order valence-electron chi connectivity index (χ1n) is 9.88. The van der Waals surface area contributed by atoms with Crippen LogP contribution in [0.25, 0.3) is 0 Å². The van der Waals surface area contributed by atoms with E-state index in [-0.39, 0.29) is 29.2 Å². The van der Waals surface area contributed by atoms with Gasteiger partial charge in [-0.2, -0.15) is 0 Å². The van der Waals surface area contributed by atoms with Crippen molar-refractivity contribution in [3.8, 4) is 5.75 Å². The van der Waals surface area contributed by atoms with Crippen molar-refractivity contribution in [1.29, 1.82) is 0 Å². The van der Waals surface area contributed by atoms with E-state index in [1.807, 2.05) is 4.90 Å². The van der Waals surface area contributed by atoms with Crippen LogP contribution in [0.2, 0.25) is 5.02 Å². The highest BCUT2D eigenvalue weighted by atomic mass is 35.5. The van der Waals surface area contributed by atoms with Crippen LogP contribution in [0.1, 0.15) is 22.3 Å². The van der Waals surface area contributed by atoms with Gasteiger partial charge in [-0.05, 0) is 48.5 Å². The molecule has 162 valence electrons. The number of carbonyl (C=O) groups is 2. The minimum Gasteiger partial charge on any atom is -0.480 e. The number of benzene rings is 2. The highest BCUT2D eigenvalue weighted by Crippen LogP contribution is 2.29. The number of thiocarbonyl (C=S) groups is 1. The van der Waals surface area contributed by atoms with E-state index in [0.29, 0.717) is 17.5 Å². The van der Waals surface area contributed by atoms with Gasteiger partial charge < -0.3 is 24.8 Å². The lowest BCUT2D eigenvalue weighted by Gasteiger charge is -2.28. The standard InChI is InChI=1S/C22H21ClN2O5S/c23-18-4-2-1-3-17(18)20(26)24-19(21(27)28)9-13-5-7-15(8-6-13)30-22(31)25-11-16-10-14(25)12-29-16/h1-8,14,16,19H,9-12H2,(H,24,26)(H,27,28)/t14-,16-,19-/m0/s1. The maximum atomic E-state index is 12.4. The Morgan fingerprint density at radius 1 is 1.26 bits per heavy atom. The zero-order chi connectivity index (χ0) is 22.0. The summed E-state index contributed by atoms with van der Waals surface area (Å²) in [5.41, 5.74) is 0.965. The number of carbonyl (C=O) groups excluding carboxylic acids is 1. The number of hydrogen-bond acceptors (Lipinski definition) is 5. The molecule has 0 spiro atoms. The van der Waals surface area contributed by atoms with Crippen LogP contribution in [0, 0.1) is 0 Å². The summed E-state index contributed by atoms with van der Waals surface area (Å²) in [6.07, 6.45) is 1.31. The van der Waals surface area contributed by atoms with Gasteiger partial charge in [-0.15, -0.1) is 0 Å². The van der Waals surface area contributed by atoms with Crippen LogP contribution in [-0.4, -0.2) is 58.4 Å². The first-order chi connectivity index (χ1) is 14.9. The number of ether oxygens (including phenoxy) is 2. The zero-order valence-electron chi connectivity index (χ0n) is 16.5. The van der Waals surface area contributed by atoms with Gasteiger partial charge in [-0.3, -0.25) is 4.79 Å². The monoisotopic (exact) mass is 460 g/mol. The topological polar surface area (TPSA) is 88.1 Å². The van der Waals surface area contributed by atoms with Gasteiger partial charge in [0.25, 0.3) is 11.1 Å². The molecule has 2 bridgehead atoms. The van der Waals surface area contributed by atoms with Crippen LogP contribution in [0.3, 0.4) is 0 Å². The van der Waals surface area contributed by atoms with Crippen LogP contribution >= 0.6 is 23.8 Å². The molecule has 0 aliphatic carbocycles. The first kappa shape index (κ1) is 21.5. The molecule has 2 heterocycles. The van der Waals surface area contributed by atoms with Gasteiger partial charge in [0, 0.05) is 13.0 Å². The molecule has 2 fully saturated rings. The van der Waals surface area contributed by atoms with Gasteiger partial charge >= 0.3 is 5.97 Å². The smallest absolute Gasteiger partial charge is 0.326 e. The van der Waals surface area contributed by atoms with Gasteiger partial charge in [-0.1, -0.05) is 35.9 Å². The van der Waals surface area contributed by atoms with Crippen molar-refractivity contribution in [3.63, 3.8) is 0 Å². The highest BCUT2D eigenvalue weighted by molar-refractivity contribution is 7.80. The maximum Gasteiger partial charge on any atom is 0.326 e. The molecule has 9 heteroatoms. The van der Waals surface area contributed by atoms with E-state index < -0.39 is 17.9 Å². The Morgan fingerprint density at radius 3 is 2.61 bits per heavy atom. The SMILES string of the molecule is O=C(N[C@@H](Cc1ccc(OC(=S)N2C[C@@H]3C[C@H]2CO3)cc1)C(=O)O)c1ccccc1Cl. The number of carboxylic acid groups (broad SMARTS) is 1. The van der Waals surface area contributed by atoms with Crippen molar-refractivity contribution in [2.75, 3.05) is 13.2 Å². The van der Waals surface area contributed by atoms with Crippen molar-refractivity contribution >= 4 is 40.9 Å². The molecule has 0 aromatic heterocycles. The number of fused-ring (bicyclic) bond motifs is 2. The Kier molecular flexibility index (Phi) is 6.41. The molecule has 0 radical (unpaired) electrons. The minimum absolute atomic E-state index is 0.115. The molecule has 2 saturated heterocycles. The number of nitrogens with one attached hydrogen (secondary N) is 1. The van der Waals surface area contributed by atoms with E-state index in [2.05, 4.69) is 5.32 Å². The molecule has 2 aromatic rings. The molecule has 3 atom stereocenters. The van der Waals surface area contributed by atoms with Crippen molar-refractivity contribution in [1.82, 2.24) is 10.2 Å². The average Bonchev–Trinajstić information content (AvgIpc) is 3.38. The van der Waals surface area contributed by atoms with Crippen LogP contribution in [0.5, 0.6) is 5.75 Å². The van der Waals surface area contributed by atoms with Crippen LogP contribution < -0.4 is 10.1 Å². The fourth-order valence-electron chi connectivity index (χ4n) is 3.79. The molecule has 0 saturated carbocycles. The summed E-state index contributed by atoms with van der Waals surface area (Å²) >= 11 is 11.4. The third kappa shape index (κ3) is 4.98. The summed E-state index contributed by atoms with van der Waals surface area (Å²) in [4.78, 5) is 26.1. The molecule has 2 aliphatic heterocycles. The summed E-state index contributed by atoms with van der Waals surface area (Å²) in [6, 6.07) is 12.7. The van der Waals surface area contributed by atoms with Crippen molar-refractivity contribution in [2.45, 2.75) is 31.0 Å². The van der Waals surface area contributed by atoms with E-state index in [4.69, 9.17) is 33.3 Å². The molecule has 31 heavy (non-hydrogen) atoms. The predicted molar refractivity (Wildman–Crippen MR) is 119 cm³/mol. The number of rotatable bonds is 6. The lowest BCUT2D eigenvalue weighted by molar-refractivity contribution is -0.139. The van der Waals surface area contributed by atoms with Gasteiger partial charge in [-0.25, -0.2) is 4.79 Å². The van der Waals surface area contributed by atoms with Crippen LogP contribution in [0.4, 0.5) is 0 Å². The largest absolute Gasteiger partial charge is 0.480 e. The number of nitrogens with zero attached hydrogens (tertiary/aromatic N) is 1. The summed E-state index contributed by atoms with van der Waals surface area (Å²) in [6.45, 7) is 1.41. The highest BCUT2D eigenvalue weighted by Gasteiger charge is 2.40. The first-order valence-corrected chi connectivity index (χ1v) is 10.7. The third-order valence-electron chi connectivity index (χ3n) is 5.43. The molecule has 1 amide bonds. The van der Waals surface area contributed by atoms with Crippen molar-refractivity contribution < 1.29 is 24.2 Å².